The number of thiophene rings is 2. The minimum Gasteiger partial charge on any atom is -0.462 e. The van der Waals surface area contributed by atoms with Crippen LogP contribution in [0.5, 0.6) is 0 Å². The summed E-state index contributed by atoms with van der Waals surface area (Å²) in [6.45, 7) is 5.65. The highest BCUT2D eigenvalue weighted by Gasteiger charge is 2.23. The fraction of sp³-hybridized carbons (Fsp3) is 0.235. The Balaban J connectivity index is 2.30. The summed E-state index contributed by atoms with van der Waals surface area (Å²) in [5, 5.41) is 14.2. The third-order valence-electron chi connectivity index (χ3n) is 3.29. The quantitative estimate of drug-likeness (QED) is 0.493. The van der Waals surface area contributed by atoms with Gasteiger partial charge in [0.1, 0.15) is 16.6 Å². The predicted molar refractivity (Wildman–Crippen MR) is 96.3 cm³/mol. The number of amides is 1. The number of carbonyl (C=O) groups is 2. The van der Waals surface area contributed by atoms with E-state index in [1.54, 1.807) is 13.8 Å². The van der Waals surface area contributed by atoms with E-state index in [-0.39, 0.29) is 12.2 Å². The number of ether oxygens (including phenoxy) is 1. The van der Waals surface area contributed by atoms with Crippen LogP contribution in [0.1, 0.15) is 32.6 Å². The van der Waals surface area contributed by atoms with Crippen molar-refractivity contribution in [2.75, 3.05) is 11.9 Å². The van der Waals surface area contributed by atoms with E-state index < -0.39 is 11.9 Å². The van der Waals surface area contributed by atoms with Gasteiger partial charge in [0.2, 0.25) is 0 Å². The number of carbonyl (C=O) groups excluding carboxylic acids is 2. The van der Waals surface area contributed by atoms with E-state index in [2.05, 4.69) is 5.32 Å². The normalized spacial score (nSPS) is 11.0. The maximum Gasteiger partial charge on any atom is 0.341 e. The van der Waals surface area contributed by atoms with Gasteiger partial charge in [0.15, 0.2) is 0 Å². The summed E-state index contributed by atoms with van der Waals surface area (Å²) >= 11 is 2.73. The molecule has 0 aliphatic carbocycles. The third-order valence-corrected chi connectivity index (χ3v) is 5.23. The lowest BCUT2D eigenvalue weighted by Gasteiger charge is -2.06. The van der Waals surface area contributed by atoms with Gasteiger partial charge in [-0.3, -0.25) is 4.79 Å². The van der Waals surface area contributed by atoms with Gasteiger partial charge in [0, 0.05) is 9.75 Å². The molecule has 2 rings (SSSR count). The van der Waals surface area contributed by atoms with Crippen molar-refractivity contribution in [2.45, 2.75) is 20.8 Å². The van der Waals surface area contributed by atoms with Crippen molar-refractivity contribution >= 4 is 45.6 Å². The second kappa shape index (κ2) is 7.90. The zero-order chi connectivity index (χ0) is 17.7. The molecule has 7 heteroatoms. The first-order chi connectivity index (χ1) is 11.5. The van der Waals surface area contributed by atoms with Crippen molar-refractivity contribution in [3.63, 3.8) is 0 Å². The lowest BCUT2D eigenvalue weighted by Crippen LogP contribution is -2.16. The van der Waals surface area contributed by atoms with E-state index in [9.17, 15) is 14.9 Å². The van der Waals surface area contributed by atoms with E-state index in [1.807, 2.05) is 30.5 Å². The molecule has 0 saturated heterocycles. The summed E-state index contributed by atoms with van der Waals surface area (Å²) in [6.07, 6.45) is 1.53. The van der Waals surface area contributed by atoms with Crippen molar-refractivity contribution in [1.82, 2.24) is 0 Å². The minimum absolute atomic E-state index is 0.0176. The molecule has 0 fully saturated rings. The molecule has 24 heavy (non-hydrogen) atoms. The molecular weight excluding hydrogens is 344 g/mol. The molecule has 1 N–H and O–H groups in total. The maximum atomic E-state index is 12.4. The zero-order valence-electron chi connectivity index (χ0n) is 13.5. The molecule has 124 valence electrons. The summed E-state index contributed by atoms with van der Waals surface area (Å²) < 4.78 is 5.05. The lowest BCUT2D eigenvalue weighted by atomic mass is 10.1. The van der Waals surface area contributed by atoms with Crippen LogP contribution in [-0.4, -0.2) is 18.5 Å². The van der Waals surface area contributed by atoms with Crippen LogP contribution in [0.4, 0.5) is 5.00 Å². The Morgan fingerprint density at radius 1 is 1.42 bits per heavy atom. The molecule has 0 radical (unpaired) electrons. The maximum absolute atomic E-state index is 12.4. The molecule has 0 saturated carbocycles. The van der Waals surface area contributed by atoms with Crippen LogP contribution in [0.15, 0.2) is 23.1 Å². The van der Waals surface area contributed by atoms with Gasteiger partial charge >= 0.3 is 5.97 Å². The Labute approximate surface area is 148 Å². The van der Waals surface area contributed by atoms with Crippen molar-refractivity contribution < 1.29 is 14.3 Å². The average Bonchev–Trinajstić information content (AvgIpc) is 3.14. The molecule has 5 nitrogen and oxygen atoms in total. The number of anilines is 1. The van der Waals surface area contributed by atoms with E-state index >= 15 is 0 Å². The Morgan fingerprint density at radius 3 is 2.75 bits per heavy atom. The molecule has 0 aliphatic heterocycles. The van der Waals surface area contributed by atoms with Crippen LogP contribution in [0.3, 0.4) is 0 Å². The summed E-state index contributed by atoms with van der Waals surface area (Å²) in [6, 6.07) is 5.56. The standard InChI is InChI=1S/C17H16N2O3S2/c1-4-22-17(21)14-10(2)11(3)24-16(14)19-15(20)12(9-18)8-13-6-5-7-23-13/h5-8H,4H2,1-3H3,(H,19,20). The van der Waals surface area contributed by atoms with Crippen LogP contribution in [0, 0.1) is 25.2 Å². The van der Waals surface area contributed by atoms with Gasteiger partial charge in [-0.15, -0.1) is 22.7 Å². The highest BCUT2D eigenvalue weighted by atomic mass is 32.1. The van der Waals surface area contributed by atoms with Gasteiger partial charge in [-0.25, -0.2) is 4.79 Å². The Kier molecular flexibility index (Phi) is 5.90. The molecule has 0 bridgehead atoms. The molecule has 2 heterocycles. The van der Waals surface area contributed by atoms with Crippen molar-refractivity contribution in [3.8, 4) is 6.07 Å². The number of aryl methyl sites for hydroxylation is 1. The van der Waals surface area contributed by atoms with Gasteiger partial charge in [0.05, 0.1) is 12.2 Å². The van der Waals surface area contributed by atoms with Crippen LogP contribution in [-0.2, 0) is 9.53 Å². The Morgan fingerprint density at radius 2 is 2.17 bits per heavy atom. The smallest absolute Gasteiger partial charge is 0.341 e. The number of esters is 1. The van der Waals surface area contributed by atoms with E-state index in [1.165, 1.54) is 28.7 Å². The summed E-state index contributed by atoms with van der Waals surface area (Å²) in [5.74, 6) is -1.02. The first kappa shape index (κ1) is 17.9. The van der Waals surface area contributed by atoms with Crippen LogP contribution in [0.2, 0.25) is 0 Å². The number of nitrogens with zero attached hydrogens (tertiary/aromatic N) is 1. The topological polar surface area (TPSA) is 79.2 Å². The second-order valence-corrected chi connectivity index (χ2v) is 7.05. The highest BCUT2D eigenvalue weighted by Crippen LogP contribution is 2.33. The number of hydrogen-bond donors (Lipinski definition) is 1. The Hall–Kier alpha value is -2.43. The Bertz CT molecular complexity index is 827. The number of nitriles is 1. The van der Waals surface area contributed by atoms with Crippen LogP contribution >= 0.6 is 22.7 Å². The highest BCUT2D eigenvalue weighted by molar-refractivity contribution is 7.16. The zero-order valence-corrected chi connectivity index (χ0v) is 15.1. The predicted octanol–water partition coefficient (Wildman–Crippen LogP) is 4.15. The van der Waals surface area contributed by atoms with Gasteiger partial charge in [-0.2, -0.15) is 5.26 Å². The van der Waals surface area contributed by atoms with E-state index in [0.29, 0.717) is 10.6 Å². The number of hydrogen-bond acceptors (Lipinski definition) is 6. The van der Waals surface area contributed by atoms with Gasteiger partial charge < -0.3 is 10.1 Å². The SMILES string of the molecule is CCOC(=O)c1c(NC(=O)C(C#N)=Cc2cccs2)sc(C)c1C. The van der Waals surface area contributed by atoms with Crippen molar-refractivity contribution in [3.05, 3.63) is 44.0 Å². The summed E-state index contributed by atoms with van der Waals surface area (Å²) in [5.41, 5.74) is 1.10. The summed E-state index contributed by atoms with van der Waals surface area (Å²) in [4.78, 5) is 26.2. The number of nitrogens with one attached hydrogen (secondary N) is 1. The average molecular weight is 360 g/mol. The monoisotopic (exact) mass is 360 g/mol. The molecule has 0 atom stereocenters. The fourth-order valence-electron chi connectivity index (χ4n) is 2.00. The van der Waals surface area contributed by atoms with Gasteiger partial charge in [0.25, 0.3) is 5.91 Å². The largest absolute Gasteiger partial charge is 0.462 e. The first-order valence-corrected chi connectivity index (χ1v) is 8.91. The van der Waals surface area contributed by atoms with E-state index in [4.69, 9.17) is 4.74 Å². The molecule has 1 amide bonds. The molecule has 0 aromatic carbocycles. The minimum atomic E-state index is -0.544. The van der Waals surface area contributed by atoms with Gasteiger partial charge in [-0.1, -0.05) is 6.07 Å². The summed E-state index contributed by atoms with van der Waals surface area (Å²) in [7, 11) is 0. The fourth-order valence-corrected chi connectivity index (χ4v) is 3.70. The first-order valence-electron chi connectivity index (χ1n) is 7.21. The van der Waals surface area contributed by atoms with Crippen molar-refractivity contribution in [2.24, 2.45) is 0 Å². The van der Waals surface area contributed by atoms with Gasteiger partial charge in [-0.05, 0) is 43.9 Å². The molecule has 2 aromatic rings. The lowest BCUT2D eigenvalue weighted by molar-refractivity contribution is -0.112. The second-order valence-electron chi connectivity index (χ2n) is 4.85. The number of rotatable bonds is 5. The molecule has 0 aliphatic rings. The van der Waals surface area contributed by atoms with Crippen molar-refractivity contribution in [1.29, 1.82) is 5.26 Å². The van der Waals surface area contributed by atoms with Crippen LogP contribution < -0.4 is 5.32 Å². The molecule has 0 spiro atoms. The molecule has 0 unspecified atom stereocenters. The van der Waals surface area contributed by atoms with Crippen LogP contribution in [0.25, 0.3) is 6.08 Å². The third kappa shape index (κ3) is 3.91. The molecule has 2 aromatic heterocycles. The molecular formula is C17H16N2O3S2. The van der Waals surface area contributed by atoms with E-state index in [0.717, 1.165) is 15.3 Å².